The number of nitrogens with one attached hydrogen (secondary N) is 3. The molecule has 2 amide bonds. The highest BCUT2D eigenvalue weighted by atomic mass is 16.2. The first-order chi connectivity index (χ1) is 16.1. The van der Waals surface area contributed by atoms with Gasteiger partial charge in [-0.3, -0.25) is 14.6 Å². The topological polar surface area (TPSA) is 99.2 Å². The number of nitrogens with zero attached hydrogens (tertiary/aromatic N) is 3. The first-order valence-electron chi connectivity index (χ1n) is 11.1. The number of benzene rings is 1. The Morgan fingerprint density at radius 3 is 2.39 bits per heavy atom. The zero-order chi connectivity index (χ0) is 23.5. The third-order valence-corrected chi connectivity index (χ3v) is 5.19. The second-order valence-electron chi connectivity index (χ2n) is 7.46. The van der Waals surface area contributed by atoms with E-state index in [0.29, 0.717) is 34.9 Å². The molecule has 172 valence electrons. The van der Waals surface area contributed by atoms with E-state index in [2.05, 4.69) is 44.7 Å². The number of aromatic nitrogens is 2. The first kappa shape index (κ1) is 23.9. The van der Waals surface area contributed by atoms with Gasteiger partial charge in [-0.05, 0) is 68.5 Å². The van der Waals surface area contributed by atoms with Crippen LogP contribution < -0.4 is 16.0 Å². The molecular weight excluding hydrogens is 416 g/mol. The first-order valence-corrected chi connectivity index (χ1v) is 11.1. The molecule has 8 nitrogen and oxygen atoms in total. The van der Waals surface area contributed by atoms with Gasteiger partial charge in [-0.1, -0.05) is 19.9 Å². The fraction of sp³-hybridized carbons (Fsp3) is 0.280. The molecule has 8 heteroatoms. The highest BCUT2D eigenvalue weighted by molar-refractivity contribution is 6.04. The average molecular weight is 447 g/mol. The van der Waals surface area contributed by atoms with Crippen LogP contribution in [-0.2, 0) is 0 Å². The van der Waals surface area contributed by atoms with Crippen LogP contribution in [0.15, 0.2) is 67.1 Å². The number of hydrogen-bond donors (Lipinski definition) is 3. The summed E-state index contributed by atoms with van der Waals surface area (Å²) in [5, 5.41) is 8.96. The summed E-state index contributed by atoms with van der Waals surface area (Å²) in [6.45, 7) is 7.89. The van der Waals surface area contributed by atoms with E-state index in [-0.39, 0.29) is 11.8 Å². The standard InChI is InChI=1S/C25H30N6O2/c1-3-31(4-2)16-6-12-28-24(32)19-7-5-8-22(17-19)29-23-18-20(9-15-27-23)25(33)30-21-10-13-26-14-11-21/h5,7-11,13-15,17-18H,3-4,6,12,16H2,1-2H3,(H,27,29)(H,28,32)(H,26,30,33). The number of carbonyl (C=O) groups is 2. The Labute approximate surface area is 194 Å². The van der Waals surface area contributed by atoms with E-state index in [9.17, 15) is 9.59 Å². The molecule has 0 saturated heterocycles. The smallest absolute Gasteiger partial charge is 0.255 e. The Morgan fingerprint density at radius 2 is 1.64 bits per heavy atom. The van der Waals surface area contributed by atoms with E-state index in [0.717, 1.165) is 26.1 Å². The Bertz CT molecular complexity index is 1050. The zero-order valence-corrected chi connectivity index (χ0v) is 19.0. The van der Waals surface area contributed by atoms with Gasteiger partial charge in [0.05, 0.1) is 0 Å². The fourth-order valence-corrected chi connectivity index (χ4v) is 3.31. The predicted molar refractivity (Wildman–Crippen MR) is 131 cm³/mol. The summed E-state index contributed by atoms with van der Waals surface area (Å²) < 4.78 is 0. The SMILES string of the molecule is CCN(CC)CCCNC(=O)c1cccc(Nc2cc(C(=O)Nc3ccncc3)ccn2)c1. The molecule has 2 heterocycles. The maximum absolute atomic E-state index is 12.5. The quantitative estimate of drug-likeness (QED) is 0.386. The van der Waals surface area contributed by atoms with Gasteiger partial charge in [-0.2, -0.15) is 0 Å². The third kappa shape index (κ3) is 7.40. The van der Waals surface area contributed by atoms with Crippen LogP contribution in [0.3, 0.4) is 0 Å². The Morgan fingerprint density at radius 1 is 0.879 bits per heavy atom. The number of carbonyl (C=O) groups excluding carboxylic acids is 2. The lowest BCUT2D eigenvalue weighted by Gasteiger charge is -2.17. The number of rotatable bonds is 11. The highest BCUT2D eigenvalue weighted by Crippen LogP contribution is 2.18. The van der Waals surface area contributed by atoms with E-state index in [1.807, 2.05) is 12.1 Å². The van der Waals surface area contributed by atoms with Crippen LogP contribution in [0, 0.1) is 0 Å². The molecule has 0 radical (unpaired) electrons. The molecule has 3 aromatic rings. The average Bonchev–Trinajstić information content (AvgIpc) is 2.85. The lowest BCUT2D eigenvalue weighted by Crippen LogP contribution is -2.29. The van der Waals surface area contributed by atoms with Crippen molar-refractivity contribution in [2.24, 2.45) is 0 Å². The van der Waals surface area contributed by atoms with Crippen LogP contribution in [0.5, 0.6) is 0 Å². The molecule has 0 spiro atoms. The summed E-state index contributed by atoms with van der Waals surface area (Å²) >= 11 is 0. The van der Waals surface area contributed by atoms with Crippen LogP contribution in [0.25, 0.3) is 0 Å². The molecule has 33 heavy (non-hydrogen) atoms. The van der Waals surface area contributed by atoms with Crippen molar-refractivity contribution in [2.45, 2.75) is 20.3 Å². The van der Waals surface area contributed by atoms with Crippen molar-refractivity contribution in [3.63, 3.8) is 0 Å². The minimum absolute atomic E-state index is 0.114. The normalized spacial score (nSPS) is 10.6. The van der Waals surface area contributed by atoms with Crippen molar-refractivity contribution in [1.29, 1.82) is 0 Å². The molecule has 0 fully saturated rings. The second-order valence-corrected chi connectivity index (χ2v) is 7.46. The van der Waals surface area contributed by atoms with E-state index in [1.165, 1.54) is 0 Å². The van der Waals surface area contributed by atoms with Crippen molar-refractivity contribution in [2.75, 3.05) is 36.8 Å². The number of pyridine rings is 2. The van der Waals surface area contributed by atoms with Gasteiger partial charge in [-0.25, -0.2) is 4.98 Å². The summed E-state index contributed by atoms with van der Waals surface area (Å²) in [4.78, 5) is 35.6. The van der Waals surface area contributed by atoms with Crippen LogP contribution in [-0.4, -0.2) is 52.9 Å². The third-order valence-electron chi connectivity index (χ3n) is 5.19. The highest BCUT2D eigenvalue weighted by Gasteiger charge is 2.10. The van der Waals surface area contributed by atoms with E-state index in [4.69, 9.17) is 0 Å². The van der Waals surface area contributed by atoms with Gasteiger partial charge in [0, 0.05) is 47.6 Å². The Hall–Kier alpha value is -3.78. The van der Waals surface area contributed by atoms with Gasteiger partial charge in [-0.15, -0.1) is 0 Å². The van der Waals surface area contributed by atoms with Gasteiger partial charge >= 0.3 is 0 Å². The van der Waals surface area contributed by atoms with Crippen LogP contribution in [0.1, 0.15) is 41.0 Å². The minimum atomic E-state index is -0.246. The molecule has 0 atom stereocenters. The van der Waals surface area contributed by atoms with Crippen LogP contribution >= 0.6 is 0 Å². The summed E-state index contributed by atoms with van der Waals surface area (Å²) in [6.07, 6.45) is 5.70. The van der Waals surface area contributed by atoms with Crippen LogP contribution in [0.4, 0.5) is 17.2 Å². The monoisotopic (exact) mass is 446 g/mol. The summed E-state index contributed by atoms with van der Waals surface area (Å²) in [5.41, 5.74) is 2.41. The van der Waals surface area contributed by atoms with E-state index >= 15 is 0 Å². The summed E-state index contributed by atoms with van der Waals surface area (Å²) in [7, 11) is 0. The fourth-order valence-electron chi connectivity index (χ4n) is 3.31. The van der Waals surface area contributed by atoms with Crippen molar-refractivity contribution < 1.29 is 9.59 Å². The zero-order valence-electron chi connectivity index (χ0n) is 19.0. The number of hydrogen-bond acceptors (Lipinski definition) is 6. The summed E-state index contributed by atoms with van der Waals surface area (Å²) in [6, 6.07) is 14.0. The summed E-state index contributed by atoms with van der Waals surface area (Å²) in [5.74, 6) is 0.148. The number of amides is 2. The Kier molecular flexibility index (Phi) is 8.90. The van der Waals surface area contributed by atoms with E-state index < -0.39 is 0 Å². The van der Waals surface area contributed by atoms with Crippen molar-refractivity contribution in [1.82, 2.24) is 20.2 Å². The molecular formula is C25H30N6O2. The van der Waals surface area contributed by atoms with Crippen molar-refractivity contribution in [3.05, 3.63) is 78.2 Å². The predicted octanol–water partition coefficient (Wildman–Crippen LogP) is 3.93. The molecule has 3 N–H and O–H groups in total. The second kappa shape index (κ2) is 12.3. The molecule has 0 saturated carbocycles. The van der Waals surface area contributed by atoms with Gasteiger partial charge < -0.3 is 20.9 Å². The van der Waals surface area contributed by atoms with Crippen molar-refractivity contribution >= 4 is 29.0 Å². The largest absolute Gasteiger partial charge is 0.352 e. The lowest BCUT2D eigenvalue weighted by molar-refractivity contribution is 0.0951. The van der Waals surface area contributed by atoms with Gasteiger partial charge in [0.15, 0.2) is 0 Å². The molecule has 1 aromatic carbocycles. The maximum Gasteiger partial charge on any atom is 0.255 e. The van der Waals surface area contributed by atoms with Crippen LogP contribution in [0.2, 0.25) is 0 Å². The Balaban J connectivity index is 1.58. The molecule has 0 aliphatic carbocycles. The molecule has 2 aromatic heterocycles. The molecule has 0 bridgehead atoms. The maximum atomic E-state index is 12.5. The van der Waals surface area contributed by atoms with Gasteiger partial charge in [0.1, 0.15) is 5.82 Å². The minimum Gasteiger partial charge on any atom is -0.352 e. The molecule has 3 rings (SSSR count). The molecule has 0 unspecified atom stereocenters. The molecule has 0 aliphatic rings. The molecule has 0 aliphatic heterocycles. The van der Waals surface area contributed by atoms with E-state index in [1.54, 1.807) is 55.0 Å². The van der Waals surface area contributed by atoms with Gasteiger partial charge in [0.25, 0.3) is 11.8 Å². The number of anilines is 3. The lowest BCUT2D eigenvalue weighted by atomic mass is 10.1. The van der Waals surface area contributed by atoms with Gasteiger partial charge in [0.2, 0.25) is 0 Å². The van der Waals surface area contributed by atoms with Crippen molar-refractivity contribution in [3.8, 4) is 0 Å².